The fourth-order valence-electron chi connectivity index (χ4n) is 7.68. The molecule has 1 fully saturated rings. The van der Waals surface area contributed by atoms with Crippen molar-refractivity contribution in [2.75, 3.05) is 59.7 Å². The lowest BCUT2D eigenvalue weighted by molar-refractivity contribution is -0.138. The lowest BCUT2D eigenvalue weighted by Gasteiger charge is -2.24. The van der Waals surface area contributed by atoms with Gasteiger partial charge in [0.15, 0.2) is 12.4 Å². The number of nitrogens with zero attached hydrogens (tertiary/aromatic N) is 4. The number of urea groups is 1. The van der Waals surface area contributed by atoms with E-state index in [2.05, 4.69) is 28.1 Å². The van der Waals surface area contributed by atoms with Crippen molar-refractivity contribution in [1.29, 1.82) is 5.41 Å². The fourth-order valence-corrected chi connectivity index (χ4v) is 8.32. The molecular weight excluding hydrogens is 839 g/mol. The Morgan fingerprint density at radius 2 is 1.58 bits per heavy atom. The number of imide groups is 1. The lowest BCUT2D eigenvalue weighted by Crippen LogP contribution is -2.46. The van der Waals surface area contributed by atoms with E-state index in [1.165, 1.54) is 34.2 Å². The van der Waals surface area contributed by atoms with Gasteiger partial charge in [-0.25, -0.2) is 14.6 Å². The summed E-state index contributed by atoms with van der Waals surface area (Å²) < 4.78 is 5.41. The molecule has 2 heterocycles. The Labute approximate surface area is 379 Å². The molecule has 0 bridgehead atoms. The number of nitrogens with one attached hydrogen (secondary N) is 4. The molecule has 0 saturated carbocycles. The lowest BCUT2D eigenvalue weighted by atomic mass is 9.89. The van der Waals surface area contributed by atoms with Crippen LogP contribution in [0.15, 0.2) is 48.5 Å². The van der Waals surface area contributed by atoms with E-state index >= 15 is 0 Å². The zero-order valence-corrected chi connectivity index (χ0v) is 38.6. The minimum absolute atomic E-state index is 0.0625. The van der Waals surface area contributed by atoms with Crippen LogP contribution in [0.4, 0.5) is 9.59 Å². The minimum atomic E-state index is -0.837. The maximum Gasteiger partial charge on any atom is 0.410 e. The predicted octanol–water partition coefficient (Wildman–Crippen LogP) is 4.63. The van der Waals surface area contributed by atoms with Crippen molar-refractivity contribution in [3.8, 4) is 0 Å². The van der Waals surface area contributed by atoms with Gasteiger partial charge in [-0.15, -0.1) is 0 Å². The van der Waals surface area contributed by atoms with Crippen LogP contribution < -0.4 is 21.7 Å². The Balaban J connectivity index is 1.20. The number of thioether (sulfide) groups is 1. The molecule has 3 atom stereocenters. The molecule has 3 aromatic rings. The summed E-state index contributed by atoms with van der Waals surface area (Å²) >= 11 is 1.37. The zero-order valence-electron chi connectivity index (χ0n) is 37.8. The highest BCUT2D eigenvalue weighted by atomic mass is 32.2. The molecule has 6 N–H and O–H groups in total. The van der Waals surface area contributed by atoms with Crippen LogP contribution in [0.1, 0.15) is 77.2 Å². The standard InChI is InChI=1S/C46H65N9O8S/c1-30(2)42(52-40(57)21-7-6-12-25-55-41(58)28-38(64-5)44(55)60)37(56)27-31(15-13-22-50-45(48)61)43(59)49-23-26-54(4)46(62)63-29-39(47)53(3)24-14-18-32-33-16-8-10-19-35(33)51-36-20-11-9-17-34(32)36/h8-11,16-17,19-20,30-31,38,42,47H,6-7,12-15,18,21-29H2,1-5H3,(H,49,59)(H,52,57)(H3,48,50,61)/t31-,38?,42?/m1/s1. The summed E-state index contributed by atoms with van der Waals surface area (Å²) in [6.07, 6.45) is 5.21. The molecule has 1 aliphatic heterocycles. The minimum Gasteiger partial charge on any atom is -0.441 e. The molecule has 1 aromatic heterocycles. The Hall–Kier alpha value is -5.78. The van der Waals surface area contributed by atoms with Crippen molar-refractivity contribution in [1.82, 2.24) is 35.6 Å². The number of carbonyl (C=O) groups is 7. The Bertz CT molecular complexity index is 2080. The molecule has 348 valence electrons. The molecule has 17 nitrogen and oxygen atoms in total. The van der Waals surface area contributed by atoms with Crippen molar-refractivity contribution in [3.63, 3.8) is 0 Å². The summed E-state index contributed by atoms with van der Waals surface area (Å²) in [5, 5.41) is 18.5. The first-order chi connectivity index (χ1) is 30.6. The number of aromatic nitrogens is 1. The highest BCUT2D eigenvalue weighted by Crippen LogP contribution is 2.27. The first-order valence-corrected chi connectivity index (χ1v) is 23.3. The largest absolute Gasteiger partial charge is 0.441 e. The first-order valence-electron chi connectivity index (χ1n) is 22.0. The van der Waals surface area contributed by atoms with Crippen molar-refractivity contribution in [2.24, 2.45) is 17.6 Å². The first kappa shape index (κ1) is 50.9. The zero-order chi connectivity index (χ0) is 46.8. The third-order valence-corrected chi connectivity index (χ3v) is 12.4. The number of hydrogen-bond donors (Lipinski definition) is 5. The van der Waals surface area contributed by atoms with Crippen molar-refractivity contribution < 1.29 is 38.3 Å². The normalized spacial score (nSPS) is 14.7. The molecule has 0 spiro atoms. The molecule has 7 amide bonds. The molecule has 1 saturated heterocycles. The number of rotatable bonds is 26. The average molecular weight is 904 g/mol. The number of ketones is 1. The third-order valence-electron chi connectivity index (χ3n) is 11.4. The van der Waals surface area contributed by atoms with Crippen LogP contribution in [-0.4, -0.2) is 138 Å². The van der Waals surface area contributed by atoms with E-state index in [0.29, 0.717) is 38.8 Å². The van der Waals surface area contributed by atoms with Gasteiger partial charge < -0.3 is 36.2 Å². The Morgan fingerprint density at radius 1 is 0.906 bits per heavy atom. The van der Waals surface area contributed by atoms with Gasteiger partial charge in [0.05, 0.1) is 22.3 Å². The van der Waals surface area contributed by atoms with E-state index in [9.17, 15) is 33.6 Å². The van der Waals surface area contributed by atoms with Gasteiger partial charge in [-0.2, -0.15) is 11.8 Å². The van der Waals surface area contributed by atoms with Gasteiger partial charge in [0.25, 0.3) is 0 Å². The summed E-state index contributed by atoms with van der Waals surface area (Å²) in [5.74, 6) is -2.28. The number of likely N-dealkylation sites (N-methyl/N-ethyl adjacent to an activating group) is 2. The second-order valence-corrected chi connectivity index (χ2v) is 17.6. The average Bonchev–Trinajstić information content (AvgIpc) is 3.55. The number of amidine groups is 1. The fraction of sp³-hybridized carbons (Fsp3) is 0.543. The van der Waals surface area contributed by atoms with E-state index in [1.54, 1.807) is 18.2 Å². The number of nitrogens with two attached hydrogens (primary N) is 1. The number of Topliss-reactive ketones (excluding diaryl/α,β-unsaturated/α-hetero) is 1. The van der Waals surface area contributed by atoms with E-state index in [-0.39, 0.29) is 92.4 Å². The maximum atomic E-state index is 13.6. The number of aryl methyl sites for hydroxylation is 1. The quantitative estimate of drug-likeness (QED) is 0.0245. The number of likely N-dealkylation sites (tertiary alicyclic amines) is 1. The van der Waals surface area contributed by atoms with Crippen LogP contribution in [-0.2, 0) is 35.1 Å². The van der Waals surface area contributed by atoms with Gasteiger partial charge in [0.2, 0.25) is 23.6 Å². The number of ether oxygens (including phenoxy) is 1. The summed E-state index contributed by atoms with van der Waals surface area (Å²) in [4.78, 5) is 97.8. The van der Waals surface area contributed by atoms with Crippen LogP contribution in [0, 0.1) is 17.2 Å². The second kappa shape index (κ2) is 25.5. The van der Waals surface area contributed by atoms with Gasteiger partial charge in [0.1, 0.15) is 5.84 Å². The van der Waals surface area contributed by atoms with Gasteiger partial charge in [0, 0.05) is 82.8 Å². The number of benzene rings is 2. The number of pyridine rings is 1. The van der Waals surface area contributed by atoms with E-state index in [1.807, 2.05) is 50.2 Å². The number of hydrogen-bond acceptors (Lipinski definition) is 11. The van der Waals surface area contributed by atoms with Crippen LogP contribution in [0.5, 0.6) is 0 Å². The number of amides is 7. The Kier molecular flexibility index (Phi) is 20.3. The van der Waals surface area contributed by atoms with E-state index in [4.69, 9.17) is 20.9 Å². The van der Waals surface area contributed by atoms with Gasteiger partial charge >= 0.3 is 12.1 Å². The number of fused-ring (bicyclic) bond motifs is 2. The molecule has 2 unspecified atom stereocenters. The number of primary amides is 1. The molecular formula is C46H65N9O8S. The number of para-hydroxylation sites is 2. The maximum absolute atomic E-state index is 13.6. The van der Waals surface area contributed by atoms with E-state index in [0.717, 1.165) is 34.6 Å². The van der Waals surface area contributed by atoms with Crippen molar-refractivity contribution in [3.05, 3.63) is 54.1 Å². The molecule has 0 radical (unpaired) electrons. The van der Waals surface area contributed by atoms with Crippen LogP contribution in [0.2, 0.25) is 0 Å². The molecule has 0 aliphatic carbocycles. The summed E-state index contributed by atoms with van der Waals surface area (Å²) in [5.41, 5.74) is 8.29. The highest BCUT2D eigenvalue weighted by molar-refractivity contribution is 8.00. The smallest absolute Gasteiger partial charge is 0.410 e. The molecule has 64 heavy (non-hydrogen) atoms. The topological polar surface area (TPSA) is 237 Å². The Morgan fingerprint density at radius 3 is 2.20 bits per heavy atom. The van der Waals surface area contributed by atoms with Crippen LogP contribution in [0.3, 0.4) is 0 Å². The number of carbonyl (C=O) groups excluding carboxylic acids is 7. The number of unbranched alkanes of at least 4 members (excludes halogenated alkanes) is 2. The van der Waals surface area contributed by atoms with Crippen LogP contribution in [0.25, 0.3) is 21.8 Å². The van der Waals surface area contributed by atoms with Crippen molar-refractivity contribution >= 4 is 80.9 Å². The molecule has 1 aliphatic rings. The summed E-state index contributed by atoms with van der Waals surface area (Å²) in [6, 6.07) is 14.6. The van der Waals surface area contributed by atoms with Gasteiger partial charge in [-0.1, -0.05) is 56.7 Å². The second-order valence-electron chi connectivity index (χ2n) is 16.6. The monoisotopic (exact) mass is 903 g/mol. The SMILES string of the molecule is CSC1CC(=O)N(CCCCCC(=O)NC(C(=O)C[C@@H](CCCNC(N)=O)C(=O)NCCN(C)C(=O)OCC(=N)N(C)CCCc2c3ccccc3nc3ccccc23)C(C)C)C1=O. The molecule has 2 aromatic carbocycles. The van der Waals surface area contributed by atoms with Gasteiger partial charge in [-0.05, 0) is 68.4 Å². The van der Waals surface area contributed by atoms with Crippen LogP contribution >= 0.6 is 11.8 Å². The summed E-state index contributed by atoms with van der Waals surface area (Å²) in [6.45, 7) is 4.64. The van der Waals surface area contributed by atoms with Gasteiger partial charge in [-0.3, -0.25) is 34.3 Å². The predicted molar refractivity (Wildman–Crippen MR) is 249 cm³/mol. The molecule has 18 heteroatoms. The van der Waals surface area contributed by atoms with Crippen molar-refractivity contribution in [2.45, 2.75) is 89.3 Å². The summed E-state index contributed by atoms with van der Waals surface area (Å²) in [7, 11) is 3.31. The highest BCUT2D eigenvalue weighted by Gasteiger charge is 2.37. The molecule has 4 rings (SSSR count). The van der Waals surface area contributed by atoms with E-state index < -0.39 is 30.0 Å². The third kappa shape index (κ3) is 15.2.